The van der Waals surface area contributed by atoms with Crippen LogP contribution in [-0.2, 0) is 11.2 Å². The third kappa shape index (κ3) is 5.51. The molecule has 0 saturated carbocycles. The Morgan fingerprint density at radius 1 is 1.40 bits per heavy atom. The fourth-order valence-corrected chi connectivity index (χ4v) is 2.11. The first kappa shape index (κ1) is 17.0. The molecular formula is C15H23BrN2O2. The van der Waals surface area contributed by atoms with Crippen molar-refractivity contribution in [3.63, 3.8) is 0 Å². The van der Waals surface area contributed by atoms with Crippen LogP contribution in [0.1, 0.15) is 26.3 Å². The molecule has 0 aliphatic heterocycles. The van der Waals surface area contributed by atoms with Crippen LogP contribution >= 0.6 is 15.9 Å². The van der Waals surface area contributed by atoms with Gasteiger partial charge in [-0.2, -0.15) is 0 Å². The second-order valence-corrected chi connectivity index (χ2v) is 6.11. The molecule has 1 amide bonds. The zero-order chi connectivity index (χ0) is 15.1. The van der Waals surface area contributed by atoms with Crippen LogP contribution in [0, 0.1) is 5.92 Å². The first-order chi connectivity index (χ1) is 9.43. The fraction of sp³-hybridized carbons (Fsp3) is 0.533. The molecule has 0 aliphatic rings. The zero-order valence-corrected chi connectivity index (χ0v) is 13.9. The number of nitrogens with two attached hydrogens (primary N) is 1. The maximum Gasteiger partial charge on any atom is 0.260 e. The zero-order valence-electron chi connectivity index (χ0n) is 12.3. The molecule has 112 valence electrons. The van der Waals surface area contributed by atoms with E-state index in [9.17, 15) is 4.79 Å². The van der Waals surface area contributed by atoms with E-state index in [2.05, 4.69) is 35.1 Å². The minimum atomic E-state index is -0.522. The van der Waals surface area contributed by atoms with Gasteiger partial charge in [0.1, 0.15) is 5.75 Å². The van der Waals surface area contributed by atoms with Crippen molar-refractivity contribution in [3.05, 3.63) is 28.2 Å². The monoisotopic (exact) mass is 342 g/mol. The van der Waals surface area contributed by atoms with Crippen LogP contribution < -0.4 is 15.8 Å². The van der Waals surface area contributed by atoms with Crippen LogP contribution in [-0.4, -0.2) is 25.1 Å². The molecular weight excluding hydrogens is 320 g/mol. The Morgan fingerprint density at radius 2 is 2.10 bits per heavy atom. The lowest BCUT2D eigenvalue weighted by Gasteiger charge is -2.18. The van der Waals surface area contributed by atoms with Crippen molar-refractivity contribution < 1.29 is 9.53 Å². The van der Waals surface area contributed by atoms with Gasteiger partial charge < -0.3 is 15.8 Å². The molecule has 5 heteroatoms. The lowest BCUT2D eigenvalue weighted by molar-refractivity contribution is -0.127. The standard InChI is InChI=1S/C15H23BrN2O2/c1-10(2)9-18-15(19)11(3)20-14-5-4-13(16)8-12(14)6-7-17/h4-5,8,10-11H,6-7,9,17H2,1-3H3,(H,18,19). The lowest BCUT2D eigenvalue weighted by Crippen LogP contribution is -2.38. The predicted octanol–water partition coefficient (Wildman–Crippen LogP) is 2.49. The van der Waals surface area contributed by atoms with Crippen LogP contribution in [0.3, 0.4) is 0 Å². The van der Waals surface area contributed by atoms with Crippen LogP contribution in [0.5, 0.6) is 5.75 Å². The lowest BCUT2D eigenvalue weighted by atomic mass is 10.1. The van der Waals surface area contributed by atoms with Gasteiger partial charge in [0.05, 0.1) is 0 Å². The Hall–Kier alpha value is -1.07. The van der Waals surface area contributed by atoms with E-state index in [0.29, 0.717) is 24.8 Å². The van der Waals surface area contributed by atoms with Crippen LogP contribution in [0.25, 0.3) is 0 Å². The summed E-state index contributed by atoms with van der Waals surface area (Å²) < 4.78 is 6.74. The van der Waals surface area contributed by atoms with Gasteiger partial charge >= 0.3 is 0 Å². The molecule has 1 aromatic rings. The average Bonchev–Trinajstić information content (AvgIpc) is 2.39. The molecule has 3 N–H and O–H groups in total. The molecule has 1 rings (SSSR count). The third-order valence-electron chi connectivity index (χ3n) is 2.79. The SMILES string of the molecule is CC(C)CNC(=O)C(C)Oc1ccc(Br)cc1CCN. The van der Waals surface area contributed by atoms with Crippen molar-refractivity contribution in [1.29, 1.82) is 0 Å². The smallest absolute Gasteiger partial charge is 0.260 e. The van der Waals surface area contributed by atoms with E-state index < -0.39 is 6.10 Å². The Kier molecular flexibility index (Phi) is 7.02. The van der Waals surface area contributed by atoms with Gasteiger partial charge in [-0.05, 0) is 49.6 Å². The van der Waals surface area contributed by atoms with Crippen LogP contribution in [0.4, 0.5) is 0 Å². The van der Waals surface area contributed by atoms with Crippen molar-refractivity contribution in [2.75, 3.05) is 13.1 Å². The van der Waals surface area contributed by atoms with Crippen LogP contribution in [0.15, 0.2) is 22.7 Å². The molecule has 20 heavy (non-hydrogen) atoms. The summed E-state index contributed by atoms with van der Waals surface area (Å²) in [6.45, 7) is 7.06. The average molecular weight is 343 g/mol. The number of amides is 1. The van der Waals surface area contributed by atoms with E-state index in [1.54, 1.807) is 6.92 Å². The summed E-state index contributed by atoms with van der Waals surface area (Å²) in [6, 6.07) is 5.73. The Morgan fingerprint density at radius 3 is 2.70 bits per heavy atom. The number of carbonyl (C=O) groups excluding carboxylic acids is 1. The van der Waals surface area contributed by atoms with E-state index in [-0.39, 0.29) is 5.91 Å². The van der Waals surface area contributed by atoms with Crippen molar-refractivity contribution in [3.8, 4) is 5.75 Å². The molecule has 1 aromatic carbocycles. The number of halogens is 1. The maximum atomic E-state index is 11.9. The van der Waals surface area contributed by atoms with Gasteiger partial charge in [-0.15, -0.1) is 0 Å². The van der Waals surface area contributed by atoms with Crippen molar-refractivity contribution in [2.45, 2.75) is 33.3 Å². The van der Waals surface area contributed by atoms with E-state index in [0.717, 1.165) is 16.5 Å². The maximum absolute atomic E-state index is 11.9. The number of carbonyl (C=O) groups is 1. The second-order valence-electron chi connectivity index (χ2n) is 5.19. The van der Waals surface area contributed by atoms with Crippen molar-refractivity contribution in [2.24, 2.45) is 11.7 Å². The number of hydrogen-bond acceptors (Lipinski definition) is 3. The number of nitrogens with one attached hydrogen (secondary N) is 1. The molecule has 0 aliphatic carbocycles. The van der Waals surface area contributed by atoms with Gasteiger partial charge in [-0.3, -0.25) is 4.79 Å². The number of benzene rings is 1. The van der Waals surface area contributed by atoms with Gasteiger partial charge in [0.25, 0.3) is 5.91 Å². The van der Waals surface area contributed by atoms with Gasteiger partial charge in [-0.25, -0.2) is 0 Å². The van der Waals surface area contributed by atoms with Crippen LogP contribution in [0.2, 0.25) is 0 Å². The van der Waals surface area contributed by atoms with Gasteiger partial charge in [-0.1, -0.05) is 29.8 Å². The summed E-state index contributed by atoms with van der Waals surface area (Å²) >= 11 is 3.43. The Bertz CT molecular complexity index is 449. The molecule has 0 bridgehead atoms. The predicted molar refractivity (Wildman–Crippen MR) is 84.8 cm³/mol. The minimum absolute atomic E-state index is 0.0969. The molecule has 0 radical (unpaired) electrons. The molecule has 1 unspecified atom stereocenters. The molecule has 0 heterocycles. The summed E-state index contributed by atoms with van der Waals surface area (Å²) in [5.74, 6) is 1.04. The highest BCUT2D eigenvalue weighted by molar-refractivity contribution is 9.10. The van der Waals surface area contributed by atoms with Gasteiger partial charge in [0.2, 0.25) is 0 Å². The molecule has 0 saturated heterocycles. The highest BCUT2D eigenvalue weighted by atomic mass is 79.9. The molecule has 0 aromatic heterocycles. The highest BCUT2D eigenvalue weighted by Gasteiger charge is 2.16. The largest absolute Gasteiger partial charge is 0.481 e. The third-order valence-corrected chi connectivity index (χ3v) is 3.29. The van der Waals surface area contributed by atoms with E-state index in [1.165, 1.54) is 0 Å². The minimum Gasteiger partial charge on any atom is -0.481 e. The number of ether oxygens (including phenoxy) is 1. The summed E-state index contributed by atoms with van der Waals surface area (Å²) in [6.07, 6.45) is 0.196. The summed E-state index contributed by atoms with van der Waals surface area (Å²) in [5.41, 5.74) is 6.61. The summed E-state index contributed by atoms with van der Waals surface area (Å²) in [4.78, 5) is 11.9. The van der Waals surface area contributed by atoms with Crippen molar-refractivity contribution >= 4 is 21.8 Å². The van der Waals surface area contributed by atoms with E-state index in [1.807, 2.05) is 18.2 Å². The van der Waals surface area contributed by atoms with Gasteiger partial charge in [0.15, 0.2) is 6.10 Å². The van der Waals surface area contributed by atoms with Gasteiger partial charge in [0, 0.05) is 11.0 Å². The quantitative estimate of drug-likeness (QED) is 0.800. The molecule has 1 atom stereocenters. The molecule has 0 fully saturated rings. The normalized spacial score (nSPS) is 12.3. The summed E-state index contributed by atoms with van der Waals surface area (Å²) in [5, 5.41) is 2.87. The number of rotatable bonds is 7. The Labute approximate surface area is 129 Å². The van der Waals surface area contributed by atoms with Crippen molar-refractivity contribution in [1.82, 2.24) is 5.32 Å². The molecule has 4 nitrogen and oxygen atoms in total. The first-order valence-electron chi connectivity index (χ1n) is 6.87. The topological polar surface area (TPSA) is 64.3 Å². The first-order valence-corrected chi connectivity index (χ1v) is 7.66. The van der Waals surface area contributed by atoms with E-state index >= 15 is 0 Å². The fourth-order valence-electron chi connectivity index (χ4n) is 1.71. The van der Waals surface area contributed by atoms with E-state index in [4.69, 9.17) is 10.5 Å². The highest BCUT2D eigenvalue weighted by Crippen LogP contribution is 2.24. The number of hydrogen-bond donors (Lipinski definition) is 2. The summed E-state index contributed by atoms with van der Waals surface area (Å²) in [7, 11) is 0. The Balaban J connectivity index is 2.69. The second kappa shape index (κ2) is 8.27. The molecule has 0 spiro atoms.